The Morgan fingerprint density at radius 2 is 2.00 bits per heavy atom. The number of rotatable bonds is 3. The van der Waals surface area contributed by atoms with Crippen LogP contribution in [0.15, 0.2) is 18.3 Å². The van der Waals surface area contributed by atoms with Crippen LogP contribution in [0.5, 0.6) is 0 Å². The quantitative estimate of drug-likeness (QED) is 0.915. The lowest BCUT2D eigenvalue weighted by Gasteiger charge is -2.41. The van der Waals surface area contributed by atoms with Gasteiger partial charge in [-0.05, 0) is 37.8 Å². The van der Waals surface area contributed by atoms with Crippen LogP contribution in [0.25, 0.3) is 0 Å². The molecule has 2 amide bonds. The highest BCUT2D eigenvalue weighted by atomic mass is 16.6. The zero-order valence-corrected chi connectivity index (χ0v) is 15.0. The zero-order valence-electron chi connectivity index (χ0n) is 15.0. The van der Waals surface area contributed by atoms with Crippen molar-refractivity contribution in [2.24, 2.45) is 5.92 Å². The van der Waals surface area contributed by atoms with Gasteiger partial charge in [0.1, 0.15) is 11.2 Å². The predicted octanol–water partition coefficient (Wildman–Crippen LogP) is 2.54. The minimum absolute atomic E-state index is 0.0202. The number of pyridine rings is 1. The van der Waals surface area contributed by atoms with Gasteiger partial charge in [-0.2, -0.15) is 0 Å². The van der Waals surface area contributed by atoms with E-state index in [1.165, 1.54) is 6.42 Å². The molecule has 3 aliphatic rings. The first kappa shape index (κ1) is 16.5. The Hall–Kier alpha value is -1.95. The number of ether oxygens (including phenoxy) is 1. The van der Waals surface area contributed by atoms with Gasteiger partial charge in [0.25, 0.3) is 11.8 Å². The summed E-state index contributed by atoms with van der Waals surface area (Å²) in [5.41, 5.74) is 0.0698. The van der Waals surface area contributed by atoms with Crippen LogP contribution in [0, 0.1) is 5.92 Å². The van der Waals surface area contributed by atoms with Crippen molar-refractivity contribution in [3.63, 3.8) is 0 Å². The summed E-state index contributed by atoms with van der Waals surface area (Å²) in [6, 6.07) is 3.52. The molecule has 1 saturated carbocycles. The molecule has 0 radical (unpaired) electrons. The second kappa shape index (κ2) is 5.53. The molecule has 25 heavy (non-hydrogen) atoms. The minimum atomic E-state index is -1.27. The summed E-state index contributed by atoms with van der Waals surface area (Å²) < 4.78 is 6.49. The van der Waals surface area contributed by atoms with E-state index in [1.54, 1.807) is 23.2 Å². The summed E-state index contributed by atoms with van der Waals surface area (Å²) in [6.07, 6.45) is 6.99. The van der Waals surface area contributed by atoms with Crippen molar-refractivity contribution in [1.82, 2.24) is 15.2 Å². The maximum atomic E-state index is 13.2. The van der Waals surface area contributed by atoms with Crippen LogP contribution in [0.1, 0.15) is 68.9 Å². The number of nitrogens with one attached hydrogen (secondary N) is 1. The normalized spacial score (nSPS) is 32.1. The molecule has 0 aromatic carbocycles. The van der Waals surface area contributed by atoms with Gasteiger partial charge in [0.2, 0.25) is 5.91 Å². The van der Waals surface area contributed by atoms with Gasteiger partial charge in [0.15, 0.2) is 0 Å². The number of nitrogens with zero attached hydrogens (tertiary/aromatic N) is 2. The molecule has 2 unspecified atom stereocenters. The second-order valence-corrected chi connectivity index (χ2v) is 7.82. The molecule has 0 spiro atoms. The highest BCUT2D eigenvalue weighted by molar-refractivity contribution is 6.06. The molecular formula is C19H25N3O3. The fraction of sp³-hybridized carbons (Fsp3) is 0.632. The summed E-state index contributed by atoms with van der Waals surface area (Å²) in [4.78, 5) is 32.2. The third-order valence-corrected chi connectivity index (χ3v) is 6.10. The van der Waals surface area contributed by atoms with Crippen LogP contribution in [-0.4, -0.2) is 33.3 Å². The highest BCUT2D eigenvalue weighted by Gasteiger charge is 2.68. The number of hydrogen-bond donors (Lipinski definition) is 1. The molecule has 4 rings (SSSR count). The van der Waals surface area contributed by atoms with Crippen molar-refractivity contribution >= 4 is 11.8 Å². The third-order valence-electron chi connectivity index (χ3n) is 6.10. The monoisotopic (exact) mass is 343 g/mol. The van der Waals surface area contributed by atoms with Crippen molar-refractivity contribution < 1.29 is 14.3 Å². The molecule has 3 heterocycles. The number of carbonyl (C=O) groups excluding carboxylic acids is 2. The molecule has 6 nitrogen and oxygen atoms in total. The minimum Gasteiger partial charge on any atom is -0.330 e. The van der Waals surface area contributed by atoms with E-state index in [1.807, 2.05) is 20.8 Å². The number of fused-ring (bicyclic) bond motifs is 3. The van der Waals surface area contributed by atoms with Crippen molar-refractivity contribution in [1.29, 1.82) is 0 Å². The fourth-order valence-corrected chi connectivity index (χ4v) is 4.33. The van der Waals surface area contributed by atoms with Crippen LogP contribution in [-0.2, 0) is 15.4 Å². The summed E-state index contributed by atoms with van der Waals surface area (Å²) >= 11 is 0. The third kappa shape index (κ3) is 2.09. The smallest absolute Gasteiger partial charge is 0.271 e. The van der Waals surface area contributed by atoms with Crippen LogP contribution in [0.2, 0.25) is 0 Å². The Bertz CT molecular complexity index is 728. The molecule has 6 heteroatoms. The van der Waals surface area contributed by atoms with Crippen molar-refractivity contribution in [3.05, 3.63) is 29.6 Å². The first-order valence-corrected chi connectivity index (χ1v) is 9.22. The van der Waals surface area contributed by atoms with Gasteiger partial charge in [0.05, 0.1) is 11.7 Å². The molecule has 0 bridgehead atoms. The average Bonchev–Trinajstić information content (AvgIpc) is 2.98. The lowest BCUT2D eigenvalue weighted by molar-refractivity contribution is -0.193. The van der Waals surface area contributed by atoms with Gasteiger partial charge in [0, 0.05) is 6.20 Å². The van der Waals surface area contributed by atoms with E-state index in [-0.39, 0.29) is 23.8 Å². The Morgan fingerprint density at radius 1 is 1.28 bits per heavy atom. The summed E-state index contributed by atoms with van der Waals surface area (Å²) in [7, 11) is 0. The molecule has 2 atom stereocenters. The molecule has 134 valence electrons. The zero-order chi connectivity index (χ0) is 17.8. The van der Waals surface area contributed by atoms with Gasteiger partial charge in [-0.1, -0.05) is 33.1 Å². The molecule has 2 fully saturated rings. The highest BCUT2D eigenvalue weighted by Crippen LogP contribution is 2.49. The maximum Gasteiger partial charge on any atom is 0.271 e. The van der Waals surface area contributed by atoms with E-state index in [2.05, 4.69) is 10.3 Å². The van der Waals surface area contributed by atoms with Gasteiger partial charge in [-0.15, -0.1) is 0 Å². The van der Waals surface area contributed by atoms with Crippen LogP contribution in [0.4, 0.5) is 0 Å². The Kier molecular flexibility index (Phi) is 3.65. The number of aromatic nitrogens is 1. The SMILES string of the molecule is CC(C)C1(C)C(=O)NC2(OC3CCCCC3)c3ncccc3C(=O)N21. The average molecular weight is 343 g/mol. The molecule has 1 aromatic rings. The summed E-state index contributed by atoms with van der Waals surface area (Å²) in [5, 5.41) is 3.02. The van der Waals surface area contributed by atoms with E-state index in [0.717, 1.165) is 25.7 Å². The number of amides is 2. The van der Waals surface area contributed by atoms with E-state index in [4.69, 9.17) is 4.74 Å². The Morgan fingerprint density at radius 3 is 2.68 bits per heavy atom. The summed E-state index contributed by atoms with van der Waals surface area (Å²) in [5.74, 6) is -1.69. The second-order valence-electron chi connectivity index (χ2n) is 7.82. The molecule has 1 N–H and O–H groups in total. The number of carbonyl (C=O) groups is 2. The van der Waals surface area contributed by atoms with Crippen LogP contribution in [0.3, 0.4) is 0 Å². The Balaban J connectivity index is 1.85. The van der Waals surface area contributed by atoms with E-state index in [9.17, 15) is 9.59 Å². The van der Waals surface area contributed by atoms with E-state index in [0.29, 0.717) is 11.3 Å². The molecular weight excluding hydrogens is 318 g/mol. The lowest BCUT2D eigenvalue weighted by atomic mass is 9.87. The van der Waals surface area contributed by atoms with Gasteiger partial charge >= 0.3 is 0 Å². The van der Waals surface area contributed by atoms with E-state index >= 15 is 0 Å². The first-order chi connectivity index (χ1) is 11.9. The molecule has 1 aromatic heterocycles. The Labute approximate surface area is 147 Å². The van der Waals surface area contributed by atoms with Gasteiger partial charge < -0.3 is 10.1 Å². The molecule has 1 aliphatic carbocycles. The summed E-state index contributed by atoms with van der Waals surface area (Å²) in [6.45, 7) is 5.74. The van der Waals surface area contributed by atoms with Gasteiger partial charge in [-0.3, -0.25) is 19.5 Å². The molecule has 2 aliphatic heterocycles. The lowest BCUT2D eigenvalue weighted by Crippen LogP contribution is -2.57. The van der Waals surface area contributed by atoms with Crippen molar-refractivity contribution in [2.75, 3.05) is 0 Å². The fourth-order valence-electron chi connectivity index (χ4n) is 4.33. The van der Waals surface area contributed by atoms with Gasteiger partial charge in [-0.25, -0.2) is 0 Å². The predicted molar refractivity (Wildman–Crippen MR) is 91.4 cm³/mol. The van der Waals surface area contributed by atoms with Crippen molar-refractivity contribution in [3.8, 4) is 0 Å². The van der Waals surface area contributed by atoms with Crippen molar-refractivity contribution in [2.45, 2.75) is 70.4 Å². The maximum absolute atomic E-state index is 13.2. The standard InChI is InChI=1S/C19H25N3O3/c1-12(2)18(3)17(24)21-19(25-13-8-5-4-6-9-13)15-14(10-7-11-20-15)16(23)22(18)19/h7,10-13H,4-6,8-9H2,1-3H3,(H,21,24). The molecule has 1 saturated heterocycles. The largest absolute Gasteiger partial charge is 0.330 e. The van der Waals surface area contributed by atoms with Crippen LogP contribution < -0.4 is 5.32 Å². The first-order valence-electron chi connectivity index (χ1n) is 9.22. The topological polar surface area (TPSA) is 71.5 Å². The number of hydrogen-bond acceptors (Lipinski definition) is 4. The van der Waals surface area contributed by atoms with Crippen LogP contribution >= 0.6 is 0 Å². The van der Waals surface area contributed by atoms with E-state index < -0.39 is 11.4 Å².